The summed E-state index contributed by atoms with van der Waals surface area (Å²) in [6.45, 7) is 3.72. The van der Waals surface area contributed by atoms with E-state index >= 15 is 0 Å². The van der Waals surface area contributed by atoms with E-state index in [4.69, 9.17) is 5.11 Å². The topological polar surface area (TPSA) is 83.5 Å². The van der Waals surface area contributed by atoms with Gasteiger partial charge in [0, 0.05) is 11.4 Å². The number of aryl methyl sites for hydroxylation is 2. The lowest BCUT2D eigenvalue weighted by Crippen LogP contribution is -2.23. The lowest BCUT2D eigenvalue weighted by molar-refractivity contribution is 0.0702. The fourth-order valence-corrected chi connectivity index (χ4v) is 4.25. The smallest absolute Gasteiger partial charge is 0.345 e. The number of nitrogens with one attached hydrogen (secondary N) is 1. The Morgan fingerprint density at radius 1 is 1.24 bits per heavy atom. The fraction of sp³-hybridized carbons (Fsp3) is 0.214. The van der Waals surface area contributed by atoms with E-state index in [0.29, 0.717) is 4.88 Å². The number of hydrogen-bond acceptors (Lipinski definition) is 4. The summed E-state index contributed by atoms with van der Waals surface area (Å²) in [4.78, 5) is 11.4. The molecule has 0 fully saturated rings. The minimum atomic E-state index is -3.71. The number of carbonyl (C=O) groups is 1. The van der Waals surface area contributed by atoms with Gasteiger partial charge in [-0.05, 0) is 25.5 Å². The molecule has 2 N–H and O–H groups in total. The summed E-state index contributed by atoms with van der Waals surface area (Å²) in [6.07, 6.45) is 0. The molecule has 0 atom stereocenters. The van der Waals surface area contributed by atoms with Crippen molar-refractivity contribution in [3.63, 3.8) is 0 Å². The maximum absolute atomic E-state index is 12.2. The quantitative estimate of drug-likeness (QED) is 0.885. The molecule has 0 saturated carbocycles. The van der Waals surface area contributed by atoms with Crippen LogP contribution in [-0.2, 0) is 16.6 Å². The number of carboxylic acids is 1. The lowest BCUT2D eigenvalue weighted by atomic mass is 10.2. The van der Waals surface area contributed by atoms with E-state index in [1.165, 1.54) is 6.07 Å². The average Bonchev–Trinajstić information content (AvgIpc) is 2.81. The zero-order valence-electron chi connectivity index (χ0n) is 11.6. The monoisotopic (exact) mass is 325 g/mol. The molecule has 0 unspecified atom stereocenters. The number of rotatable bonds is 5. The summed E-state index contributed by atoms with van der Waals surface area (Å²) >= 11 is 0.954. The van der Waals surface area contributed by atoms with Crippen LogP contribution >= 0.6 is 11.3 Å². The zero-order chi connectivity index (χ0) is 15.6. The largest absolute Gasteiger partial charge is 0.477 e. The van der Waals surface area contributed by atoms with Crippen LogP contribution in [-0.4, -0.2) is 19.5 Å². The van der Waals surface area contributed by atoms with Crippen LogP contribution in [0.4, 0.5) is 0 Å². The maximum atomic E-state index is 12.2. The summed E-state index contributed by atoms with van der Waals surface area (Å²) < 4.78 is 27.0. The van der Waals surface area contributed by atoms with Crippen molar-refractivity contribution in [3.8, 4) is 0 Å². The van der Waals surface area contributed by atoms with Gasteiger partial charge in [-0.3, -0.25) is 0 Å². The molecule has 2 aromatic rings. The molecule has 0 amide bonds. The van der Waals surface area contributed by atoms with Crippen LogP contribution in [0.1, 0.15) is 25.7 Å². The van der Waals surface area contributed by atoms with E-state index in [2.05, 4.69) is 4.72 Å². The van der Waals surface area contributed by atoms with Gasteiger partial charge in [0.2, 0.25) is 10.0 Å². The van der Waals surface area contributed by atoms with Crippen molar-refractivity contribution in [1.82, 2.24) is 4.72 Å². The molecular formula is C14H15NO4S2. The molecule has 1 heterocycles. The number of sulfonamides is 1. The molecule has 5 nitrogen and oxygen atoms in total. The average molecular weight is 325 g/mol. The summed E-state index contributed by atoms with van der Waals surface area (Å²) in [5, 5.41) is 8.92. The minimum Gasteiger partial charge on any atom is -0.477 e. The predicted octanol–water partition coefficient (Wildman–Crippen LogP) is 2.54. The molecule has 112 valence electrons. The Bertz CT molecular complexity index is 761. The van der Waals surface area contributed by atoms with Gasteiger partial charge in [-0.1, -0.05) is 29.8 Å². The lowest BCUT2D eigenvalue weighted by Gasteiger charge is -2.06. The first-order valence-electron chi connectivity index (χ1n) is 6.18. The normalized spacial score (nSPS) is 11.5. The number of carboxylic acid groups (broad SMARTS) is 1. The van der Waals surface area contributed by atoms with Gasteiger partial charge in [-0.15, -0.1) is 11.3 Å². The van der Waals surface area contributed by atoms with Crippen molar-refractivity contribution in [1.29, 1.82) is 0 Å². The fourth-order valence-electron chi connectivity index (χ4n) is 1.80. The SMILES string of the molecule is Cc1ccc(CNS(=O)(=O)c2cc(C(=O)O)sc2C)cc1. The van der Waals surface area contributed by atoms with Gasteiger partial charge in [0.15, 0.2) is 0 Å². The highest BCUT2D eigenvalue weighted by Gasteiger charge is 2.21. The van der Waals surface area contributed by atoms with Crippen LogP contribution in [0.3, 0.4) is 0 Å². The van der Waals surface area contributed by atoms with Crippen molar-refractivity contribution in [2.75, 3.05) is 0 Å². The van der Waals surface area contributed by atoms with Gasteiger partial charge >= 0.3 is 5.97 Å². The van der Waals surface area contributed by atoms with Crippen LogP contribution in [0, 0.1) is 13.8 Å². The van der Waals surface area contributed by atoms with Crippen molar-refractivity contribution in [2.45, 2.75) is 25.3 Å². The summed E-state index contributed by atoms with van der Waals surface area (Å²) in [7, 11) is -3.71. The van der Waals surface area contributed by atoms with Gasteiger partial charge in [0.1, 0.15) is 4.88 Å². The number of thiophene rings is 1. The molecule has 1 aromatic carbocycles. The molecule has 0 aliphatic rings. The molecule has 21 heavy (non-hydrogen) atoms. The van der Waals surface area contributed by atoms with Crippen LogP contribution < -0.4 is 4.72 Å². The van der Waals surface area contributed by atoms with Crippen molar-refractivity contribution >= 4 is 27.3 Å². The van der Waals surface area contributed by atoms with E-state index in [1.54, 1.807) is 6.92 Å². The van der Waals surface area contributed by atoms with Gasteiger partial charge in [-0.2, -0.15) is 0 Å². The minimum absolute atomic E-state index is 0.0169. The Balaban J connectivity index is 2.18. The second-order valence-corrected chi connectivity index (χ2v) is 7.64. The Hall–Kier alpha value is -1.70. The molecule has 2 rings (SSSR count). The first kappa shape index (κ1) is 15.7. The highest BCUT2D eigenvalue weighted by Crippen LogP contribution is 2.25. The third kappa shape index (κ3) is 3.69. The molecule has 0 saturated heterocycles. The molecule has 7 heteroatoms. The summed E-state index contributed by atoms with van der Waals surface area (Å²) in [6, 6.07) is 8.70. The van der Waals surface area contributed by atoms with Gasteiger partial charge < -0.3 is 5.11 Å². The first-order chi connectivity index (χ1) is 9.79. The predicted molar refractivity (Wildman–Crippen MR) is 81.2 cm³/mol. The van der Waals surface area contributed by atoms with Crippen molar-refractivity contribution < 1.29 is 18.3 Å². The standard InChI is InChI=1S/C14H15NO4S2/c1-9-3-5-11(6-4-9)8-15-21(18,19)13-7-12(14(16)17)20-10(13)2/h3-7,15H,8H2,1-2H3,(H,16,17). The van der Waals surface area contributed by atoms with E-state index < -0.39 is 16.0 Å². The van der Waals surface area contributed by atoms with E-state index in [9.17, 15) is 13.2 Å². The highest BCUT2D eigenvalue weighted by atomic mass is 32.2. The molecule has 1 aromatic heterocycles. The van der Waals surface area contributed by atoms with Crippen LogP contribution in [0.25, 0.3) is 0 Å². The molecule has 0 radical (unpaired) electrons. The second kappa shape index (κ2) is 5.97. The summed E-state index contributed by atoms with van der Waals surface area (Å²) in [5.41, 5.74) is 1.94. The Labute approximate surface area is 127 Å². The van der Waals surface area contributed by atoms with Crippen LogP contribution in [0.2, 0.25) is 0 Å². The Kier molecular flexibility index (Phi) is 4.46. The Morgan fingerprint density at radius 2 is 1.86 bits per heavy atom. The molecular weight excluding hydrogens is 310 g/mol. The molecule has 0 aliphatic carbocycles. The van der Waals surface area contributed by atoms with E-state index in [-0.39, 0.29) is 16.3 Å². The zero-order valence-corrected chi connectivity index (χ0v) is 13.2. The number of hydrogen-bond donors (Lipinski definition) is 2. The molecule has 0 spiro atoms. The van der Waals surface area contributed by atoms with Crippen molar-refractivity contribution in [2.24, 2.45) is 0 Å². The third-order valence-corrected chi connectivity index (χ3v) is 5.65. The van der Waals surface area contributed by atoms with Crippen LogP contribution in [0.5, 0.6) is 0 Å². The van der Waals surface area contributed by atoms with E-state index in [1.807, 2.05) is 31.2 Å². The van der Waals surface area contributed by atoms with Crippen LogP contribution in [0.15, 0.2) is 35.2 Å². The first-order valence-corrected chi connectivity index (χ1v) is 8.48. The maximum Gasteiger partial charge on any atom is 0.345 e. The van der Waals surface area contributed by atoms with Crippen molar-refractivity contribution in [3.05, 3.63) is 51.2 Å². The Morgan fingerprint density at radius 3 is 2.38 bits per heavy atom. The number of aromatic carboxylic acids is 1. The second-order valence-electron chi connectivity index (χ2n) is 4.65. The van der Waals surface area contributed by atoms with Gasteiger partial charge in [-0.25, -0.2) is 17.9 Å². The molecule has 0 bridgehead atoms. The van der Waals surface area contributed by atoms with Gasteiger partial charge in [0.25, 0.3) is 0 Å². The third-order valence-electron chi connectivity index (χ3n) is 2.96. The highest BCUT2D eigenvalue weighted by molar-refractivity contribution is 7.89. The van der Waals surface area contributed by atoms with E-state index in [0.717, 1.165) is 22.5 Å². The summed E-state index contributed by atoms with van der Waals surface area (Å²) in [5.74, 6) is -1.12. The van der Waals surface area contributed by atoms with Gasteiger partial charge in [0.05, 0.1) is 4.90 Å². The number of benzene rings is 1. The molecule has 0 aliphatic heterocycles.